The number of aryl methyl sites for hydroxylation is 1. The van der Waals surface area contributed by atoms with E-state index in [1.807, 2.05) is 19.1 Å². The number of benzene rings is 1. The second-order valence-electron chi connectivity index (χ2n) is 5.69. The van der Waals surface area contributed by atoms with Gasteiger partial charge in [-0.25, -0.2) is 4.79 Å². The molecule has 1 aromatic heterocycles. The number of nitrogens with zero attached hydrogens (tertiary/aromatic N) is 1. The van der Waals surface area contributed by atoms with Crippen LogP contribution in [0.25, 0.3) is 11.1 Å². The third kappa shape index (κ3) is 2.58. The standard InChI is InChI=1S/C16H20BrNO2/c1-2-18-14-8-7-12(10-15(14)20-16(18)19)13(17)9-11-5-3-4-6-11/h7-8,10-11,13H,2-6,9H2,1H3. The minimum Gasteiger partial charge on any atom is -0.408 e. The molecule has 3 nitrogen and oxygen atoms in total. The van der Waals surface area contributed by atoms with Crippen molar-refractivity contribution in [2.75, 3.05) is 0 Å². The summed E-state index contributed by atoms with van der Waals surface area (Å²) in [5, 5.41) is 0. The smallest absolute Gasteiger partial charge is 0.408 e. The molecule has 0 amide bonds. The first-order valence-electron chi connectivity index (χ1n) is 7.46. The van der Waals surface area contributed by atoms with E-state index in [4.69, 9.17) is 4.42 Å². The van der Waals surface area contributed by atoms with Crippen LogP contribution in [0.3, 0.4) is 0 Å². The van der Waals surface area contributed by atoms with Crippen molar-refractivity contribution in [1.82, 2.24) is 4.57 Å². The Labute approximate surface area is 127 Å². The fraction of sp³-hybridized carbons (Fsp3) is 0.562. The molecule has 1 aromatic carbocycles. The average Bonchev–Trinajstić information content (AvgIpc) is 3.04. The highest BCUT2D eigenvalue weighted by molar-refractivity contribution is 9.09. The van der Waals surface area contributed by atoms with Gasteiger partial charge in [0.2, 0.25) is 0 Å². The lowest BCUT2D eigenvalue weighted by Gasteiger charge is -2.15. The van der Waals surface area contributed by atoms with E-state index in [9.17, 15) is 4.79 Å². The summed E-state index contributed by atoms with van der Waals surface area (Å²) in [7, 11) is 0. The lowest BCUT2D eigenvalue weighted by Crippen LogP contribution is -2.11. The zero-order valence-corrected chi connectivity index (χ0v) is 13.4. The summed E-state index contributed by atoms with van der Waals surface area (Å²) in [5.41, 5.74) is 2.80. The Bertz CT molecular complexity index is 652. The van der Waals surface area contributed by atoms with Crippen molar-refractivity contribution in [2.45, 2.75) is 50.4 Å². The molecule has 0 saturated heterocycles. The molecule has 0 bridgehead atoms. The van der Waals surface area contributed by atoms with Gasteiger partial charge < -0.3 is 4.42 Å². The highest BCUT2D eigenvalue weighted by Gasteiger charge is 2.20. The first-order chi connectivity index (χ1) is 9.69. The number of fused-ring (bicyclic) bond motifs is 1. The van der Waals surface area contributed by atoms with Crippen LogP contribution in [0, 0.1) is 5.92 Å². The third-order valence-corrected chi connectivity index (χ3v) is 5.29. The van der Waals surface area contributed by atoms with Gasteiger partial charge in [0.15, 0.2) is 5.58 Å². The third-order valence-electron chi connectivity index (χ3n) is 4.39. The summed E-state index contributed by atoms with van der Waals surface area (Å²) in [6, 6.07) is 6.12. The molecule has 2 aromatic rings. The molecule has 1 heterocycles. The fourth-order valence-electron chi connectivity index (χ4n) is 3.25. The lowest BCUT2D eigenvalue weighted by atomic mass is 9.98. The number of halogens is 1. The molecule has 0 radical (unpaired) electrons. The second-order valence-corrected chi connectivity index (χ2v) is 6.80. The molecule has 1 aliphatic rings. The maximum Gasteiger partial charge on any atom is 0.419 e. The lowest BCUT2D eigenvalue weighted by molar-refractivity contribution is 0.500. The van der Waals surface area contributed by atoms with Gasteiger partial charge in [0.25, 0.3) is 0 Å². The SMILES string of the molecule is CCn1c(=O)oc2cc(C(Br)CC3CCCC3)ccc21. The topological polar surface area (TPSA) is 35.1 Å². The number of oxazole rings is 1. The molecule has 0 N–H and O–H groups in total. The minimum atomic E-state index is -0.262. The van der Waals surface area contributed by atoms with E-state index >= 15 is 0 Å². The van der Waals surface area contributed by atoms with Crippen molar-refractivity contribution in [3.8, 4) is 0 Å². The summed E-state index contributed by atoms with van der Waals surface area (Å²) in [5.74, 6) is 0.573. The van der Waals surface area contributed by atoms with Crippen molar-refractivity contribution in [3.63, 3.8) is 0 Å². The van der Waals surface area contributed by atoms with Crippen LogP contribution < -0.4 is 5.76 Å². The van der Waals surface area contributed by atoms with Crippen molar-refractivity contribution in [3.05, 3.63) is 34.3 Å². The summed E-state index contributed by atoms with van der Waals surface area (Å²) < 4.78 is 7.00. The van der Waals surface area contributed by atoms with Gasteiger partial charge >= 0.3 is 5.76 Å². The van der Waals surface area contributed by atoms with Crippen LogP contribution in [-0.4, -0.2) is 4.57 Å². The second kappa shape index (κ2) is 5.76. The Morgan fingerprint density at radius 3 is 2.85 bits per heavy atom. The molecular weight excluding hydrogens is 318 g/mol. The van der Waals surface area contributed by atoms with Crippen LogP contribution in [0.4, 0.5) is 0 Å². The van der Waals surface area contributed by atoms with Gasteiger partial charge in [-0.2, -0.15) is 0 Å². The molecule has 0 aliphatic heterocycles. The molecule has 0 spiro atoms. The Morgan fingerprint density at radius 1 is 1.40 bits per heavy atom. The van der Waals surface area contributed by atoms with E-state index in [1.54, 1.807) is 4.57 Å². The molecule has 1 atom stereocenters. The summed E-state index contributed by atoms with van der Waals surface area (Å²) in [6.07, 6.45) is 6.62. The quantitative estimate of drug-likeness (QED) is 0.762. The number of hydrogen-bond donors (Lipinski definition) is 0. The van der Waals surface area contributed by atoms with Gasteiger partial charge in [-0.1, -0.05) is 47.7 Å². The Kier molecular flexibility index (Phi) is 4.01. The van der Waals surface area contributed by atoms with E-state index in [0.29, 0.717) is 17.0 Å². The summed E-state index contributed by atoms with van der Waals surface area (Å²) in [4.78, 5) is 12.1. The summed E-state index contributed by atoms with van der Waals surface area (Å²) in [6.45, 7) is 2.60. The van der Waals surface area contributed by atoms with Crippen molar-refractivity contribution in [2.24, 2.45) is 5.92 Å². The maximum absolute atomic E-state index is 11.7. The monoisotopic (exact) mass is 337 g/mol. The largest absolute Gasteiger partial charge is 0.419 e. The summed E-state index contributed by atoms with van der Waals surface area (Å²) >= 11 is 3.80. The molecule has 108 valence electrons. The molecule has 4 heteroatoms. The first-order valence-corrected chi connectivity index (χ1v) is 8.38. The number of alkyl halides is 1. The van der Waals surface area contributed by atoms with Gasteiger partial charge in [0.05, 0.1) is 5.52 Å². The van der Waals surface area contributed by atoms with Crippen LogP contribution in [0.2, 0.25) is 0 Å². The molecular formula is C16H20BrNO2. The predicted octanol–water partition coefficient (Wildman–Crippen LogP) is 4.63. The Hall–Kier alpha value is -1.03. The Morgan fingerprint density at radius 2 is 2.15 bits per heavy atom. The van der Waals surface area contributed by atoms with Crippen molar-refractivity contribution < 1.29 is 4.42 Å². The van der Waals surface area contributed by atoms with Gasteiger partial charge in [-0.15, -0.1) is 0 Å². The first kappa shape index (κ1) is 13.9. The van der Waals surface area contributed by atoms with E-state index in [1.165, 1.54) is 37.7 Å². The average molecular weight is 338 g/mol. The van der Waals surface area contributed by atoms with Gasteiger partial charge in [-0.05, 0) is 37.0 Å². The molecule has 1 aliphatic carbocycles. The van der Waals surface area contributed by atoms with Gasteiger partial charge in [0, 0.05) is 11.4 Å². The number of hydrogen-bond acceptors (Lipinski definition) is 2. The number of aromatic nitrogens is 1. The molecule has 1 unspecified atom stereocenters. The zero-order chi connectivity index (χ0) is 14.1. The molecule has 3 rings (SSSR count). The van der Waals surface area contributed by atoms with Crippen LogP contribution >= 0.6 is 15.9 Å². The predicted molar refractivity (Wildman–Crippen MR) is 84.4 cm³/mol. The van der Waals surface area contributed by atoms with Gasteiger partial charge in [0.1, 0.15) is 0 Å². The highest BCUT2D eigenvalue weighted by atomic mass is 79.9. The molecule has 1 saturated carbocycles. The Balaban J connectivity index is 1.86. The molecule has 20 heavy (non-hydrogen) atoms. The van der Waals surface area contributed by atoms with Crippen LogP contribution in [-0.2, 0) is 6.54 Å². The van der Waals surface area contributed by atoms with E-state index < -0.39 is 0 Å². The minimum absolute atomic E-state index is 0.262. The van der Waals surface area contributed by atoms with Gasteiger partial charge in [-0.3, -0.25) is 4.57 Å². The number of rotatable bonds is 4. The van der Waals surface area contributed by atoms with Crippen LogP contribution in [0.15, 0.2) is 27.4 Å². The van der Waals surface area contributed by atoms with Crippen LogP contribution in [0.5, 0.6) is 0 Å². The van der Waals surface area contributed by atoms with E-state index in [2.05, 4.69) is 22.0 Å². The molecule has 1 fully saturated rings. The normalized spacial score (nSPS) is 17.9. The fourth-order valence-corrected chi connectivity index (χ4v) is 4.07. The van der Waals surface area contributed by atoms with Crippen LogP contribution in [0.1, 0.15) is 49.4 Å². The van der Waals surface area contributed by atoms with Crippen molar-refractivity contribution >= 4 is 27.0 Å². The van der Waals surface area contributed by atoms with E-state index in [0.717, 1.165) is 11.4 Å². The maximum atomic E-state index is 11.7. The van der Waals surface area contributed by atoms with E-state index in [-0.39, 0.29) is 5.76 Å². The zero-order valence-electron chi connectivity index (χ0n) is 11.8. The highest BCUT2D eigenvalue weighted by Crippen LogP contribution is 2.37. The van der Waals surface area contributed by atoms with Crippen molar-refractivity contribution in [1.29, 1.82) is 0 Å².